The summed E-state index contributed by atoms with van der Waals surface area (Å²) in [6.45, 7) is 5.23. The highest BCUT2D eigenvalue weighted by atomic mass is 35.5. The van der Waals surface area contributed by atoms with Crippen LogP contribution in [0.25, 0.3) is 0 Å². The second-order valence-electron chi connectivity index (χ2n) is 6.59. The number of rotatable bonds is 3. The topological polar surface area (TPSA) is 46.0 Å². The monoisotopic (exact) mass is 349 g/mol. The maximum atomic E-state index is 13.9. The first-order valence-corrected chi connectivity index (χ1v) is 8.87. The standard InChI is InChI=1S/C17H21ClFN5/c18-14-1-2-15(19)13(9-14)11-23-6-3-12(4-7-23)17-22-21-16-10-20-5-8-24(16)17/h1-2,9,12,20H,3-8,10-11H2. The average Bonchev–Trinajstić information content (AvgIpc) is 3.03. The molecule has 4 rings (SSSR count). The molecular formula is C17H21ClFN5. The molecule has 0 bridgehead atoms. The molecule has 1 N–H and O–H groups in total. The van der Waals surface area contributed by atoms with E-state index in [0.717, 1.165) is 57.2 Å². The van der Waals surface area contributed by atoms with Gasteiger partial charge in [-0.3, -0.25) is 4.90 Å². The molecular weight excluding hydrogens is 329 g/mol. The Labute approximate surface area is 145 Å². The molecule has 1 aromatic carbocycles. The Morgan fingerprint density at radius 2 is 2.04 bits per heavy atom. The lowest BCUT2D eigenvalue weighted by Gasteiger charge is -2.32. The predicted molar refractivity (Wildman–Crippen MR) is 90.4 cm³/mol. The van der Waals surface area contributed by atoms with Crippen molar-refractivity contribution in [3.05, 3.63) is 46.3 Å². The van der Waals surface area contributed by atoms with E-state index in [-0.39, 0.29) is 5.82 Å². The van der Waals surface area contributed by atoms with E-state index < -0.39 is 0 Å². The number of fused-ring (bicyclic) bond motifs is 1. The third kappa shape index (κ3) is 3.18. The zero-order valence-electron chi connectivity index (χ0n) is 13.5. The summed E-state index contributed by atoms with van der Waals surface area (Å²) < 4.78 is 16.2. The highest BCUT2D eigenvalue weighted by Gasteiger charge is 2.27. The molecule has 5 nitrogen and oxygen atoms in total. The number of halogens is 2. The number of aromatic nitrogens is 3. The van der Waals surface area contributed by atoms with Crippen molar-refractivity contribution in [3.63, 3.8) is 0 Å². The minimum Gasteiger partial charge on any atom is -0.312 e. The number of hydrogen-bond acceptors (Lipinski definition) is 4. The number of benzene rings is 1. The quantitative estimate of drug-likeness (QED) is 0.925. The van der Waals surface area contributed by atoms with Crippen LogP contribution < -0.4 is 5.32 Å². The SMILES string of the molecule is Fc1ccc(Cl)cc1CN1CCC(c2nnc3n2CCNC3)CC1. The van der Waals surface area contributed by atoms with Crippen molar-refractivity contribution in [1.29, 1.82) is 0 Å². The molecule has 0 spiro atoms. The molecule has 2 aliphatic rings. The van der Waals surface area contributed by atoms with Crippen LogP contribution in [0.1, 0.15) is 36.0 Å². The van der Waals surface area contributed by atoms with Gasteiger partial charge in [-0.1, -0.05) is 11.6 Å². The molecule has 24 heavy (non-hydrogen) atoms. The number of nitrogens with one attached hydrogen (secondary N) is 1. The van der Waals surface area contributed by atoms with Gasteiger partial charge in [0.15, 0.2) is 0 Å². The molecule has 0 atom stereocenters. The van der Waals surface area contributed by atoms with Gasteiger partial charge in [0.2, 0.25) is 0 Å². The molecule has 0 radical (unpaired) electrons. The van der Waals surface area contributed by atoms with Gasteiger partial charge in [0.1, 0.15) is 17.5 Å². The molecule has 0 aliphatic carbocycles. The molecule has 1 aromatic heterocycles. The van der Waals surface area contributed by atoms with Crippen LogP contribution in [0, 0.1) is 5.82 Å². The predicted octanol–water partition coefficient (Wildman–Crippen LogP) is 2.55. The molecule has 7 heteroatoms. The van der Waals surface area contributed by atoms with Crippen molar-refractivity contribution in [1.82, 2.24) is 25.0 Å². The molecule has 0 amide bonds. The highest BCUT2D eigenvalue weighted by Crippen LogP contribution is 2.29. The van der Waals surface area contributed by atoms with Gasteiger partial charge in [-0.2, -0.15) is 0 Å². The van der Waals surface area contributed by atoms with E-state index >= 15 is 0 Å². The van der Waals surface area contributed by atoms with Crippen molar-refractivity contribution >= 4 is 11.6 Å². The first-order valence-electron chi connectivity index (χ1n) is 8.49. The minimum absolute atomic E-state index is 0.180. The molecule has 0 unspecified atom stereocenters. The maximum Gasteiger partial charge on any atom is 0.147 e. The van der Waals surface area contributed by atoms with E-state index in [2.05, 4.69) is 25.0 Å². The Kier molecular flexibility index (Phi) is 4.52. The second-order valence-corrected chi connectivity index (χ2v) is 7.03. The number of nitrogens with zero attached hydrogens (tertiary/aromatic N) is 4. The van der Waals surface area contributed by atoms with E-state index in [9.17, 15) is 4.39 Å². The van der Waals surface area contributed by atoms with Crippen LogP contribution in [0.2, 0.25) is 5.02 Å². The molecule has 2 aliphatic heterocycles. The molecule has 3 heterocycles. The lowest BCUT2D eigenvalue weighted by atomic mass is 9.95. The summed E-state index contributed by atoms with van der Waals surface area (Å²) in [5, 5.41) is 12.7. The summed E-state index contributed by atoms with van der Waals surface area (Å²) in [6, 6.07) is 4.77. The van der Waals surface area contributed by atoms with Crippen LogP contribution >= 0.6 is 11.6 Å². The Bertz CT molecular complexity index is 724. The van der Waals surface area contributed by atoms with Crippen LogP contribution in [-0.2, 0) is 19.6 Å². The maximum absolute atomic E-state index is 13.9. The number of likely N-dealkylation sites (tertiary alicyclic amines) is 1. The van der Waals surface area contributed by atoms with Crippen LogP contribution in [-0.4, -0.2) is 39.3 Å². The van der Waals surface area contributed by atoms with Gasteiger partial charge >= 0.3 is 0 Å². The van der Waals surface area contributed by atoms with E-state index in [1.165, 1.54) is 6.07 Å². The Morgan fingerprint density at radius 3 is 2.88 bits per heavy atom. The van der Waals surface area contributed by atoms with E-state index in [4.69, 9.17) is 11.6 Å². The summed E-state index contributed by atoms with van der Waals surface area (Å²) in [4.78, 5) is 2.29. The lowest BCUT2D eigenvalue weighted by Crippen LogP contribution is -2.35. The second kappa shape index (κ2) is 6.78. The smallest absolute Gasteiger partial charge is 0.147 e. The van der Waals surface area contributed by atoms with Crippen LogP contribution in [0.5, 0.6) is 0 Å². The van der Waals surface area contributed by atoms with Crippen molar-refractivity contribution in [2.75, 3.05) is 19.6 Å². The third-order valence-electron chi connectivity index (χ3n) is 5.01. The van der Waals surface area contributed by atoms with Crippen LogP contribution in [0.3, 0.4) is 0 Å². The first kappa shape index (κ1) is 16.0. The van der Waals surface area contributed by atoms with E-state index in [1.807, 2.05) is 0 Å². The van der Waals surface area contributed by atoms with Crippen LogP contribution in [0.15, 0.2) is 18.2 Å². The van der Waals surface area contributed by atoms with Crippen molar-refractivity contribution in [2.24, 2.45) is 0 Å². The zero-order chi connectivity index (χ0) is 16.5. The van der Waals surface area contributed by atoms with Gasteiger partial charge in [0.05, 0.1) is 6.54 Å². The van der Waals surface area contributed by atoms with Gasteiger partial charge in [0, 0.05) is 36.1 Å². The molecule has 128 valence electrons. The fourth-order valence-electron chi connectivity index (χ4n) is 3.67. The van der Waals surface area contributed by atoms with Gasteiger partial charge in [-0.05, 0) is 44.1 Å². The summed E-state index contributed by atoms with van der Waals surface area (Å²) >= 11 is 5.98. The van der Waals surface area contributed by atoms with Gasteiger partial charge in [-0.15, -0.1) is 10.2 Å². The number of hydrogen-bond donors (Lipinski definition) is 1. The summed E-state index contributed by atoms with van der Waals surface area (Å²) in [6.07, 6.45) is 2.07. The van der Waals surface area contributed by atoms with E-state index in [0.29, 0.717) is 23.0 Å². The summed E-state index contributed by atoms with van der Waals surface area (Å²) in [5.74, 6) is 2.44. The summed E-state index contributed by atoms with van der Waals surface area (Å²) in [7, 11) is 0. The Hall–Kier alpha value is -1.50. The number of piperidine rings is 1. The van der Waals surface area contributed by atoms with Gasteiger partial charge in [0.25, 0.3) is 0 Å². The van der Waals surface area contributed by atoms with Gasteiger partial charge < -0.3 is 9.88 Å². The average molecular weight is 350 g/mol. The molecule has 1 saturated heterocycles. The normalized spacial score (nSPS) is 19.4. The first-order chi connectivity index (χ1) is 11.7. The third-order valence-corrected chi connectivity index (χ3v) is 5.24. The fraction of sp³-hybridized carbons (Fsp3) is 0.529. The Balaban J connectivity index is 1.40. The molecule has 2 aromatic rings. The Morgan fingerprint density at radius 1 is 1.21 bits per heavy atom. The minimum atomic E-state index is -0.180. The van der Waals surface area contributed by atoms with E-state index in [1.54, 1.807) is 12.1 Å². The highest BCUT2D eigenvalue weighted by molar-refractivity contribution is 6.30. The lowest BCUT2D eigenvalue weighted by molar-refractivity contribution is 0.197. The van der Waals surface area contributed by atoms with Crippen LogP contribution in [0.4, 0.5) is 4.39 Å². The van der Waals surface area contributed by atoms with Crippen molar-refractivity contribution in [2.45, 2.75) is 38.4 Å². The molecule has 1 fully saturated rings. The zero-order valence-corrected chi connectivity index (χ0v) is 14.3. The fourth-order valence-corrected chi connectivity index (χ4v) is 3.87. The summed E-state index contributed by atoms with van der Waals surface area (Å²) in [5.41, 5.74) is 0.673. The van der Waals surface area contributed by atoms with Crippen molar-refractivity contribution < 1.29 is 4.39 Å². The van der Waals surface area contributed by atoms with Crippen molar-refractivity contribution in [3.8, 4) is 0 Å². The largest absolute Gasteiger partial charge is 0.312 e. The van der Waals surface area contributed by atoms with Gasteiger partial charge in [-0.25, -0.2) is 4.39 Å². The molecule has 0 saturated carbocycles.